The molecule has 2 N–H and O–H groups in total. The maximum absolute atomic E-state index is 9.70. The molecule has 6 nitrogen and oxygen atoms in total. The number of nitrogens with one attached hydrogen (secondary N) is 1. The van der Waals surface area contributed by atoms with Crippen LogP contribution in [0.1, 0.15) is 32.8 Å². The van der Waals surface area contributed by atoms with E-state index in [0.717, 1.165) is 50.7 Å². The Morgan fingerprint density at radius 3 is 2.77 bits per heavy atom. The molecule has 1 aliphatic rings. The lowest BCUT2D eigenvalue weighted by Gasteiger charge is -2.27. The van der Waals surface area contributed by atoms with Crippen molar-refractivity contribution in [3.63, 3.8) is 0 Å². The Morgan fingerprint density at radius 2 is 2.12 bits per heavy atom. The van der Waals surface area contributed by atoms with Gasteiger partial charge in [0.05, 0.1) is 7.11 Å². The summed E-state index contributed by atoms with van der Waals surface area (Å²) in [6.07, 6.45) is 2.01. The minimum absolute atomic E-state index is 0.174. The number of ether oxygens (including phenoxy) is 1. The van der Waals surface area contributed by atoms with Crippen LogP contribution in [0.5, 0.6) is 11.5 Å². The third-order valence-electron chi connectivity index (χ3n) is 5.03. The number of aliphatic imine (C=N–C) groups is 1. The summed E-state index contributed by atoms with van der Waals surface area (Å²) in [5.74, 6) is 1.69. The van der Waals surface area contributed by atoms with E-state index < -0.39 is 0 Å². The Balaban J connectivity index is 1.96. The van der Waals surface area contributed by atoms with Crippen LogP contribution in [0.4, 0.5) is 0 Å². The number of likely N-dealkylation sites (N-methyl/N-ethyl adjacent to an activating group) is 1. The number of likely N-dealkylation sites (tertiary alicyclic amines) is 1. The highest BCUT2D eigenvalue weighted by molar-refractivity contribution is 5.80. The van der Waals surface area contributed by atoms with E-state index in [1.807, 2.05) is 12.1 Å². The number of phenols is 1. The van der Waals surface area contributed by atoms with Crippen molar-refractivity contribution in [2.45, 2.75) is 39.7 Å². The Hall–Kier alpha value is -1.95. The van der Waals surface area contributed by atoms with E-state index in [9.17, 15) is 5.11 Å². The number of aromatic hydroxyl groups is 1. The van der Waals surface area contributed by atoms with Crippen molar-refractivity contribution in [1.29, 1.82) is 0 Å². The molecule has 0 radical (unpaired) electrons. The van der Waals surface area contributed by atoms with Crippen LogP contribution < -0.4 is 10.1 Å². The first-order valence-electron chi connectivity index (χ1n) is 9.76. The van der Waals surface area contributed by atoms with Gasteiger partial charge in [0.25, 0.3) is 0 Å². The summed E-state index contributed by atoms with van der Waals surface area (Å²) >= 11 is 0. The lowest BCUT2D eigenvalue weighted by atomic mass is 10.1. The summed E-state index contributed by atoms with van der Waals surface area (Å²) in [7, 11) is 1.57. The summed E-state index contributed by atoms with van der Waals surface area (Å²) in [6, 6.07) is 6.10. The molecule has 0 aliphatic carbocycles. The van der Waals surface area contributed by atoms with Gasteiger partial charge in [-0.1, -0.05) is 19.9 Å². The highest BCUT2D eigenvalue weighted by atomic mass is 16.5. The molecule has 0 amide bonds. The van der Waals surface area contributed by atoms with Crippen LogP contribution in [0.2, 0.25) is 0 Å². The van der Waals surface area contributed by atoms with E-state index in [2.05, 4.69) is 35.9 Å². The number of rotatable bonds is 8. The first-order valence-corrected chi connectivity index (χ1v) is 9.76. The maximum Gasteiger partial charge on any atom is 0.193 e. The van der Waals surface area contributed by atoms with E-state index in [1.165, 1.54) is 6.42 Å². The molecule has 6 heteroatoms. The van der Waals surface area contributed by atoms with E-state index in [1.54, 1.807) is 13.2 Å². The van der Waals surface area contributed by atoms with Crippen LogP contribution in [0.25, 0.3) is 0 Å². The van der Waals surface area contributed by atoms with Gasteiger partial charge in [-0.05, 0) is 50.6 Å². The smallest absolute Gasteiger partial charge is 0.193 e. The van der Waals surface area contributed by atoms with E-state index >= 15 is 0 Å². The zero-order valence-corrected chi connectivity index (χ0v) is 16.7. The number of nitrogens with zero attached hydrogens (tertiary/aromatic N) is 3. The summed E-state index contributed by atoms with van der Waals surface area (Å²) in [5.41, 5.74) is 1.11. The molecule has 26 heavy (non-hydrogen) atoms. The van der Waals surface area contributed by atoms with Crippen LogP contribution in [0.3, 0.4) is 0 Å². The van der Waals surface area contributed by atoms with Crippen LogP contribution in [-0.2, 0) is 6.42 Å². The molecule has 146 valence electrons. The molecule has 1 aromatic rings. The summed E-state index contributed by atoms with van der Waals surface area (Å²) < 4.78 is 5.18. The second kappa shape index (κ2) is 10.3. The quantitative estimate of drug-likeness (QED) is 0.549. The van der Waals surface area contributed by atoms with Crippen molar-refractivity contribution in [3.05, 3.63) is 23.8 Å². The molecule has 0 spiro atoms. The third kappa shape index (κ3) is 5.27. The molecule has 0 bridgehead atoms. The molecule has 1 aliphatic heterocycles. The molecule has 1 aromatic carbocycles. The van der Waals surface area contributed by atoms with Crippen molar-refractivity contribution in [2.24, 2.45) is 4.99 Å². The SMILES string of the molecule is CCNC(=NCCc1ccc(O)c(OC)c1)N1CCC(N(CC)CC)C1. The van der Waals surface area contributed by atoms with Gasteiger partial charge in [-0.2, -0.15) is 0 Å². The molecule has 1 heterocycles. The van der Waals surface area contributed by atoms with Gasteiger partial charge in [0.1, 0.15) is 0 Å². The lowest BCUT2D eigenvalue weighted by Crippen LogP contribution is -2.43. The van der Waals surface area contributed by atoms with E-state index in [-0.39, 0.29) is 5.75 Å². The zero-order valence-electron chi connectivity index (χ0n) is 16.7. The number of phenolic OH excluding ortho intramolecular Hbond substituents is 1. The fraction of sp³-hybridized carbons (Fsp3) is 0.650. The summed E-state index contributed by atoms with van der Waals surface area (Å²) in [5, 5.41) is 13.1. The zero-order chi connectivity index (χ0) is 18.9. The topological polar surface area (TPSA) is 60.3 Å². The molecular weight excluding hydrogens is 328 g/mol. The van der Waals surface area contributed by atoms with Crippen molar-refractivity contribution in [1.82, 2.24) is 15.1 Å². The highest BCUT2D eigenvalue weighted by Gasteiger charge is 2.27. The van der Waals surface area contributed by atoms with Gasteiger partial charge >= 0.3 is 0 Å². The number of guanidine groups is 1. The largest absolute Gasteiger partial charge is 0.504 e. The Kier molecular flexibility index (Phi) is 8.04. The molecule has 1 fully saturated rings. The normalized spacial score (nSPS) is 17.8. The average Bonchev–Trinajstić information content (AvgIpc) is 3.13. The molecule has 2 rings (SSSR count). The molecule has 1 unspecified atom stereocenters. The predicted molar refractivity (Wildman–Crippen MR) is 107 cm³/mol. The minimum atomic E-state index is 0.174. The van der Waals surface area contributed by atoms with Gasteiger partial charge in [0.15, 0.2) is 17.5 Å². The molecular formula is C20H34N4O2. The van der Waals surface area contributed by atoms with Gasteiger partial charge in [-0.15, -0.1) is 0 Å². The monoisotopic (exact) mass is 362 g/mol. The lowest BCUT2D eigenvalue weighted by molar-refractivity contribution is 0.223. The fourth-order valence-corrected chi connectivity index (χ4v) is 3.57. The fourth-order valence-electron chi connectivity index (χ4n) is 3.57. The maximum atomic E-state index is 9.70. The highest BCUT2D eigenvalue weighted by Crippen LogP contribution is 2.26. The van der Waals surface area contributed by atoms with Crippen LogP contribution in [-0.4, -0.2) is 73.3 Å². The van der Waals surface area contributed by atoms with Gasteiger partial charge in [-0.25, -0.2) is 0 Å². The molecule has 0 aromatic heterocycles. The van der Waals surface area contributed by atoms with Gasteiger partial charge in [-0.3, -0.25) is 9.89 Å². The second-order valence-electron chi connectivity index (χ2n) is 6.60. The third-order valence-corrected chi connectivity index (χ3v) is 5.03. The van der Waals surface area contributed by atoms with Gasteiger partial charge in [0.2, 0.25) is 0 Å². The van der Waals surface area contributed by atoms with Crippen molar-refractivity contribution in [3.8, 4) is 11.5 Å². The first-order chi connectivity index (χ1) is 12.6. The van der Waals surface area contributed by atoms with Crippen LogP contribution >= 0.6 is 0 Å². The first kappa shape index (κ1) is 20.4. The van der Waals surface area contributed by atoms with Gasteiger partial charge in [0, 0.05) is 32.2 Å². The number of hydrogen-bond acceptors (Lipinski definition) is 4. The van der Waals surface area contributed by atoms with E-state index in [0.29, 0.717) is 18.3 Å². The van der Waals surface area contributed by atoms with E-state index in [4.69, 9.17) is 9.73 Å². The van der Waals surface area contributed by atoms with Crippen molar-refractivity contribution >= 4 is 5.96 Å². The number of benzene rings is 1. The van der Waals surface area contributed by atoms with Crippen molar-refractivity contribution < 1.29 is 9.84 Å². The number of methoxy groups -OCH3 is 1. The Morgan fingerprint density at radius 1 is 1.35 bits per heavy atom. The molecule has 1 saturated heterocycles. The molecule has 1 atom stereocenters. The average molecular weight is 363 g/mol. The van der Waals surface area contributed by atoms with Crippen LogP contribution in [0, 0.1) is 0 Å². The van der Waals surface area contributed by atoms with Crippen LogP contribution in [0.15, 0.2) is 23.2 Å². The summed E-state index contributed by atoms with van der Waals surface area (Å²) in [6.45, 7) is 12.5. The van der Waals surface area contributed by atoms with Gasteiger partial charge < -0.3 is 20.1 Å². The predicted octanol–water partition coefficient (Wildman–Crippen LogP) is 2.32. The summed E-state index contributed by atoms with van der Waals surface area (Å²) in [4.78, 5) is 9.74. The van der Waals surface area contributed by atoms with Crippen molar-refractivity contribution in [2.75, 3.05) is 46.4 Å². The minimum Gasteiger partial charge on any atom is -0.504 e. The molecule has 0 saturated carbocycles. The standard InChI is InChI=1S/C20H34N4O2/c1-5-21-20(24-13-11-17(15-24)23(6-2)7-3)22-12-10-16-8-9-18(25)19(14-16)26-4/h8-9,14,17,25H,5-7,10-13,15H2,1-4H3,(H,21,22). The number of hydrogen-bond donors (Lipinski definition) is 2. The Labute approximate surface area is 157 Å². The Bertz CT molecular complexity index is 587. The second-order valence-corrected chi connectivity index (χ2v) is 6.60.